The molecule has 49 heavy (non-hydrogen) atoms. The fourth-order valence-electron chi connectivity index (χ4n) is 2.69. The molecule has 0 heterocycles. The molecule has 296 valence electrons. The molecule has 0 saturated carbocycles. The van der Waals surface area contributed by atoms with E-state index in [1.165, 1.54) is 0 Å². The fourth-order valence-corrected chi connectivity index (χ4v) is 4.85. The van der Waals surface area contributed by atoms with Crippen molar-refractivity contribution in [2.45, 2.75) is 78.5 Å². The van der Waals surface area contributed by atoms with Crippen molar-refractivity contribution in [1.82, 2.24) is 0 Å². The molecule has 0 atom stereocenters. The Morgan fingerprint density at radius 1 is 0.388 bits per heavy atom. The van der Waals surface area contributed by atoms with Crippen LogP contribution >= 0.6 is 0 Å². The molecule has 32 heteroatoms. The molecule has 0 saturated heterocycles. The van der Waals surface area contributed by atoms with Crippen LogP contribution in [0.5, 0.6) is 0 Å². The van der Waals surface area contributed by atoms with Crippen LogP contribution in [0.2, 0.25) is 0 Å². The average molecular weight is 832 g/mol. The number of rotatable bonds is 20. The molecule has 0 spiro atoms. The van der Waals surface area contributed by atoms with Gasteiger partial charge in [-0.3, -0.25) is 8.37 Å². The number of hydrogen-bond donors (Lipinski definition) is 0. The van der Waals surface area contributed by atoms with Crippen LogP contribution in [-0.4, -0.2) is 114 Å². The van der Waals surface area contributed by atoms with Crippen LogP contribution in [0.15, 0.2) is 0 Å². The molecule has 0 N–H and O–H groups in total. The van der Waals surface area contributed by atoms with E-state index >= 15 is 0 Å². The van der Waals surface area contributed by atoms with E-state index in [1.807, 2.05) is 0 Å². The van der Waals surface area contributed by atoms with Gasteiger partial charge in [-0.25, -0.2) is 17.6 Å². The number of halogens is 24. The second-order valence-corrected chi connectivity index (χ2v) is 12.4. The van der Waals surface area contributed by atoms with Crippen molar-refractivity contribution in [2.24, 2.45) is 0 Å². The lowest BCUT2D eigenvalue weighted by atomic mass is 9.95. The summed E-state index contributed by atoms with van der Waals surface area (Å²) in [5.41, 5.74) is 0. The summed E-state index contributed by atoms with van der Waals surface area (Å²) in [4.78, 5) is 0. The first-order chi connectivity index (χ1) is 21.0. The van der Waals surface area contributed by atoms with Gasteiger partial charge in [0.2, 0.25) is 0 Å². The van der Waals surface area contributed by atoms with Crippen molar-refractivity contribution >= 4 is 20.2 Å². The molecule has 0 aromatic heterocycles. The molecule has 6 nitrogen and oxygen atoms in total. The zero-order valence-corrected chi connectivity index (χ0v) is 23.7. The first-order valence-electron chi connectivity index (χ1n) is 11.1. The molecule has 0 rings (SSSR count). The molecule has 0 aliphatic rings. The smallest absolute Gasteiger partial charge is 0.270 e. The fraction of sp³-hybridized carbons (Fsp3) is 1.00. The standard InChI is InChI=1S/C17H12F24O6S2/c18-6(19)10(26,27)14(34,35)16(38,39)12(30,31)8(22,23)4-48(42,43)46-2-1-3-47-49(44,45)5-9(24,25)13(32,33)17(40,41)15(36,37)11(28,29)7(20)21/h6-7H,1-5H2. The van der Waals surface area contributed by atoms with Gasteiger partial charge in [-0.15, -0.1) is 0 Å². The molecule has 0 aliphatic heterocycles. The molecule has 0 radical (unpaired) electrons. The molecule has 0 aromatic carbocycles. The minimum absolute atomic E-state index is 1.62. The Morgan fingerprint density at radius 2 is 0.612 bits per heavy atom. The van der Waals surface area contributed by atoms with Gasteiger partial charge < -0.3 is 0 Å². The van der Waals surface area contributed by atoms with Gasteiger partial charge in [0.15, 0.2) is 0 Å². The van der Waals surface area contributed by atoms with Crippen LogP contribution in [-0.2, 0) is 28.6 Å². The Kier molecular flexibility index (Phi) is 13.1. The lowest BCUT2D eigenvalue weighted by Crippen LogP contribution is -2.69. The zero-order valence-electron chi connectivity index (χ0n) is 22.0. The molecule has 0 aromatic rings. The summed E-state index contributed by atoms with van der Waals surface area (Å²) in [6, 6.07) is 0. The SMILES string of the molecule is O=S(=O)(CC(F)(F)C(F)(F)C(F)(F)C(F)(F)C(F)(F)C(F)F)OCCCOS(=O)(=O)CC(F)(F)C(F)(F)C(F)(F)C(F)(F)C(F)(F)C(F)F. The third kappa shape index (κ3) is 8.29. The lowest BCUT2D eigenvalue weighted by Gasteiger charge is -2.38. The maximum atomic E-state index is 13.7. The summed E-state index contributed by atoms with van der Waals surface area (Å²) in [7, 11) is -13.1. The Bertz CT molecular complexity index is 1260. The molecular weight excluding hydrogens is 820 g/mol. The largest absolute Gasteiger partial charge is 0.384 e. The zero-order chi connectivity index (χ0) is 40.1. The van der Waals surface area contributed by atoms with Crippen molar-refractivity contribution in [3.63, 3.8) is 0 Å². The van der Waals surface area contributed by atoms with E-state index in [1.54, 1.807) is 0 Å². The summed E-state index contributed by atoms with van der Waals surface area (Å²) in [6.07, 6.45) is -13.4. The lowest BCUT2D eigenvalue weighted by molar-refractivity contribution is -0.410. The number of alkyl halides is 24. The predicted octanol–water partition coefficient (Wildman–Crippen LogP) is 6.95. The Labute approximate surface area is 254 Å². The van der Waals surface area contributed by atoms with Gasteiger partial charge in [-0.05, 0) is 6.42 Å². The third-order valence-corrected chi connectivity index (χ3v) is 7.90. The quantitative estimate of drug-likeness (QED) is 0.0751. The molecule has 0 fully saturated rings. The Hall–Kier alpha value is -1.86. The van der Waals surface area contributed by atoms with Gasteiger partial charge in [-0.1, -0.05) is 0 Å². The maximum absolute atomic E-state index is 13.7. The van der Waals surface area contributed by atoms with E-state index in [4.69, 9.17) is 0 Å². The van der Waals surface area contributed by atoms with Gasteiger partial charge in [0, 0.05) is 0 Å². The van der Waals surface area contributed by atoms with Gasteiger partial charge >= 0.3 is 72.1 Å². The minimum atomic E-state index is -8.16. The Balaban J connectivity index is 5.70. The highest BCUT2D eigenvalue weighted by Crippen LogP contribution is 2.59. The van der Waals surface area contributed by atoms with E-state index in [0.29, 0.717) is 0 Å². The highest BCUT2D eigenvalue weighted by molar-refractivity contribution is 7.87. The van der Waals surface area contributed by atoms with Crippen molar-refractivity contribution in [1.29, 1.82) is 0 Å². The van der Waals surface area contributed by atoms with Crippen LogP contribution in [0.3, 0.4) is 0 Å². The van der Waals surface area contributed by atoms with E-state index < -0.39 is 123 Å². The van der Waals surface area contributed by atoms with Crippen LogP contribution < -0.4 is 0 Å². The third-order valence-electron chi connectivity index (χ3n) is 5.41. The van der Waals surface area contributed by atoms with E-state index in [9.17, 15) is 122 Å². The molecular formula is C17H12F24O6S2. The van der Waals surface area contributed by atoms with Crippen LogP contribution in [0.25, 0.3) is 0 Å². The second kappa shape index (κ2) is 13.6. The second-order valence-electron chi connectivity index (χ2n) is 9.10. The summed E-state index contributed by atoms with van der Waals surface area (Å²) in [5, 5.41) is 0. The molecule has 0 bridgehead atoms. The highest BCUT2D eigenvalue weighted by atomic mass is 32.2. The van der Waals surface area contributed by atoms with E-state index in [0.717, 1.165) is 0 Å². The summed E-state index contributed by atoms with van der Waals surface area (Å²) < 4.78 is 367. The molecule has 0 aliphatic carbocycles. The highest BCUT2D eigenvalue weighted by Gasteiger charge is 2.89. The van der Waals surface area contributed by atoms with Crippen molar-refractivity contribution < 1.29 is 131 Å². The molecule has 0 amide bonds. The topological polar surface area (TPSA) is 86.7 Å². The normalized spacial score (nSPS) is 16.2. The van der Waals surface area contributed by atoms with Gasteiger partial charge in [0.1, 0.15) is 11.5 Å². The summed E-state index contributed by atoms with van der Waals surface area (Å²) in [5.74, 6) is -85.1. The van der Waals surface area contributed by atoms with Crippen LogP contribution in [0.4, 0.5) is 105 Å². The maximum Gasteiger partial charge on any atom is 0.384 e. The minimum Gasteiger partial charge on any atom is -0.270 e. The summed E-state index contributed by atoms with van der Waals surface area (Å²) >= 11 is 0. The van der Waals surface area contributed by atoms with E-state index in [-0.39, 0.29) is 0 Å². The monoisotopic (exact) mass is 832 g/mol. The van der Waals surface area contributed by atoms with Crippen molar-refractivity contribution in [2.75, 3.05) is 24.7 Å². The summed E-state index contributed by atoms with van der Waals surface area (Å²) in [6.45, 7) is -3.95. The van der Waals surface area contributed by atoms with Gasteiger partial charge in [-0.2, -0.15) is 105 Å². The predicted molar refractivity (Wildman–Crippen MR) is 106 cm³/mol. The van der Waals surface area contributed by atoms with Gasteiger partial charge in [0.25, 0.3) is 20.2 Å². The van der Waals surface area contributed by atoms with Crippen molar-refractivity contribution in [3.8, 4) is 0 Å². The van der Waals surface area contributed by atoms with Crippen LogP contribution in [0, 0.1) is 0 Å². The van der Waals surface area contributed by atoms with Gasteiger partial charge in [0.05, 0.1) is 13.2 Å². The number of hydrogen-bond acceptors (Lipinski definition) is 6. The Morgan fingerprint density at radius 3 is 0.816 bits per heavy atom. The molecule has 0 unspecified atom stereocenters. The first kappa shape index (κ1) is 47.1. The van der Waals surface area contributed by atoms with E-state index in [2.05, 4.69) is 8.37 Å². The van der Waals surface area contributed by atoms with Crippen LogP contribution in [0.1, 0.15) is 6.42 Å². The van der Waals surface area contributed by atoms with Crippen molar-refractivity contribution in [3.05, 3.63) is 0 Å². The average Bonchev–Trinajstić information content (AvgIpc) is 2.85. The first-order valence-corrected chi connectivity index (χ1v) is 14.2.